The van der Waals surface area contributed by atoms with E-state index in [1.54, 1.807) is 6.07 Å². The molecule has 2 aromatic rings. The number of carbonyl (C=O) groups is 1. The van der Waals surface area contributed by atoms with Crippen LogP contribution in [0, 0.1) is 5.92 Å². The summed E-state index contributed by atoms with van der Waals surface area (Å²) in [4.78, 5) is 14.2. The number of benzene rings is 2. The Bertz CT molecular complexity index is 921. The summed E-state index contributed by atoms with van der Waals surface area (Å²) in [5.41, 5.74) is 3.52. The molecule has 0 aromatic heterocycles. The normalized spacial score (nSPS) is 16.4. The molecule has 1 aliphatic carbocycles. The maximum Gasteiger partial charge on any atom is 0.233 e. The lowest BCUT2D eigenvalue weighted by atomic mass is 10.1. The Hall–Kier alpha value is -2.34. The first-order valence-corrected chi connectivity index (χ1v) is 10.7. The lowest BCUT2D eigenvalue weighted by molar-refractivity contribution is -0.119. The van der Waals surface area contributed by atoms with Crippen molar-refractivity contribution in [3.63, 3.8) is 0 Å². The van der Waals surface area contributed by atoms with E-state index in [9.17, 15) is 13.2 Å². The highest BCUT2D eigenvalue weighted by Crippen LogP contribution is 2.37. The van der Waals surface area contributed by atoms with Crippen LogP contribution < -0.4 is 9.62 Å². The van der Waals surface area contributed by atoms with Crippen LogP contribution in [0.1, 0.15) is 24.0 Å². The monoisotopic (exact) mass is 370 g/mol. The van der Waals surface area contributed by atoms with Gasteiger partial charge >= 0.3 is 0 Å². The molecule has 1 saturated carbocycles. The zero-order chi connectivity index (χ0) is 18.1. The second kappa shape index (κ2) is 6.76. The van der Waals surface area contributed by atoms with Crippen molar-refractivity contribution in [1.82, 2.24) is 0 Å². The zero-order valence-electron chi connectivity index (χ0n) is 14.5. The van der Waals surface area contributed by atoms with Crippen molar-refractivity contribution in [3.8, 4) is 0 Å². The molecule has 1 amide bonds. The van der Waals surface area contributed by atoms with E-state index < -0.39 is 10.0 Å². The summed E-state index contributed by atoms with van der Waals surface area (Å²) in [6.45, 7) is 0.689. The van der Waals surface area contributed by atoms with Crippen LogP contribution in [0.2, 0.25) is 0 Å². The molecular formula is C20H22N2O3S. The maximum atomic E-state index is 12.4. The van der Waals surface area contributed by atoms with Crippen LogP contribution in [-0.4, -0.2) is 26.6 Å². The van der Waals surface area contributed by atoms with Crippen LogP contribution in [0.5, 0.6) is 0 Å². The fourth-order valence-electron chi connectivity index (χ4n) is 3.37. The fourth-order valence-corrected chi connectivity index (χ4v) is 4.46. The van der Waals surface area contributed by atoms with Crippen molar-refractivity contribution in [2.45, 2.75) is 25.7 Å². The molecule has 6 heteroatoms. The highest BCUT2D eigenvalue weighted by Gasteiger charge is 2.36. The number of amides is 1. The quantitative estimate of drug-likeness (QED) is 0.850. The molecule has 0 bridgehead atoms. The van der Waals surface area contributed by atoms with Crippen LogP contribution in [0.3, 0.4) is 0 Å². The van der Waals surface area contributed by atoms with Crippen molar-refractivity contribution < 1.29 is 13.2 Å². The molecule has 2 aliphatic rings. The van der Waals surface area contributed by atoms with Crippen molar-refractivity contribution in [2.75, 3.05) is 21.9 Å². The minimum absolute atomic E-state index is 0.0421. The number of rotatable bonds is 6. The third kappa shape index (κ3) is 3.75. The number of nitrogens with zero attached hydrogens (tertiary/aromatic N) is 1. The van der Waals surface area contributed by atoms with Gasteiger partial charge in [-0.15, -0.1) is 0 Å². The van der Waals surface area contributed by atoms with Gasteiger partial charge in [-0.25, -0.2) is 8.42 Å². The van der Waals surface area contributed by atoms with Crippen LogP contribution in [0.25, 0.3) is 0 Å². The second-order valence-corrected chi connectivity index (χ2v) is 8.86. The van der Waals surface area contributed by atoms with Crippen LogP contribution in [-0.2, 0) is 27.7 Å². The molecule has 1 heterocycles. The first-order valence-electron chi connectivity index (χ1n) is 9.00. The SMILES string of the molecule is O=C(C1CC1)N1CCc2cc(NS(=O)(=O)CCc3ccccc3)ccc21. The van der Waals surface area contributed by atoms with Crippen molar-refractivity contribution in [2.24, 2.45) is 5.92 Å². The standard InChI is InChI=1S/C20H22N2O3S/c23-20(16-6-7-16)22-12-10-17-14-18(8-9-19(17)22)21-26(24,25)13-11-15-4-2-1-3-5-15/h1-5,8-9,14,16,21H,6-7,10-13H2. The predicted octanol–water partition coefficient (Wildman–Crippen LogP) is 2.97. The number of aryl methyl sites for hydroxylation is 1. The first-order chi connectivity index (χ1) is 12.5. The van der Waals surface area contributed by atoms with E-state index in [4.69, 9.17) is 0 Å². The molecule has 5 nitrogen and oxygen atoms in total. The maximum absolute atomic E-state index is 12.4. The molecule has 0 spiro atoms. The highest BCUT2D eigenvalue weighted by atomic mass is 32.2. The summed E-state index contributed by atoms with van der Waals surface area (Å²) in [6.07, 6.45) is 3.23. The average Bonchev–Trinajstić information content (AvgIpc) is 3.40. The summed E-state index contributed by atoms with van der Waals surface area (Å²) in [6, 6.07) is 15.0. The third-order valence-electron chi connectivity index (χ3n) is 4.94. The molecular weight excluding hydrogens is 348 g/mol. The van der Waals surface area contributed by atoms with E-state index in [2.05, 4.69) is 4.72 Å². The van der Waals surface area contributed by atoms with E-state index in [0.717, 1.165) is 36.1 Å². The van der Waals surface area contributed by atoms with Gasteiger partial charge in [0.1, 0.15) is 0 Å². The minimum atomic E-state index is -3.41. The smallest absolute Gasteiger partial charge is 0.233 e. The van der Waals surface area contributed by atoms with Gasteiger partial charge in [0.05, 0.1) is 5.75 Å². The summed E-state index contributed by atoms with van der Waals surface area (Å²) in [5.74, 6) is 0.442. The average molecular weight is 370 g/mol. The van der Waals surface area contributed by atoms with Gasteiger partial charge in [-0.05, 0) is 55.0 Å². The molecule has 0 atom stereocenters. The molecule has 26 heavy (non-hydrogen) atoms. The van der Waals surface area contributed by atoms with Crippen molar-refractivity contribution in [3.05, 3.63) is 59.7 Å². The van der Waals surface area contributed by atoms with Crippen molar-refractivity contribution >= 4 is 27.3 Å². The Morgan fingerprint density at radius 3 is 2.62 bits per heavy atom. The van der Waals surface area contributed by atoms with Gasteiger partial charge in [-0.2, -0.15) is 0 Å². The van der Waals surface area contributed by atoms with E-state index in [1.807, 2.05) is 47.4 Å². The first kappa shape index (κ1) is 17.1. The van der Waals surface area contributed by atoms with Crippen molar-refractivity contribution in [1.29, 1.82) is 0 Å². The Balaban J connectivity index is 1.43. The lowest BCUT2D eigenvalue weighted by Crippen LogP contribution is -2.30. The molecule has 1 aliphatic heterocycles. The number of hydrogen-bond donors (Lipinski definition) is 1. The minimum Gasteiger partial charge on any atom is -0.312 e. The Kier molecular flexibility index (Phi) is 4.44. The fraction of sp³-hybridized carbons (Fsp3) is 0.350. The number of fused-ring (bicyclic) bond motifs is 1. The lowest BCUT2D eigenvalue weighted by Gasteiger charge is -2.17. The van der Waals surface area contributed by atoms with Crippen LogP contribution in [0.15, 0.2) is 48.5 Å². The summed E-state index contributed by atoms with van der Waals surface area (Å²) < 4.78 is 27.4. The highest BCUT2D eigenvalue weighted by molar-refractivity contribution is 7.92. The van der Waals surface area contributed by atoms with Gasteiger partial charge in [-0.3, -0.25) is 9.52 Å². The van der Waals surface area contributed by atoms with Gasteiger partial charge in [0.15, 0.2) is 0 Å². The summed E-state index contributed by atoms with van der Waals surface area (Å²) in [7, 11) is -3.41. The molecule has 0 saturated heterocycles. The number of hydrogen-bond acceptors (Lipinski definition) is 3. The number of sulfonamides is 1. The van der Waals surface area contributed by atoms with Gasteiger partial charge in [-0.1, -0.05) is 30.3 Å². The topological polar surface area (TPSA) is 66.5 Å². The number of carbonyl (C=O) groups excluding carboxylic acids is 1. The van der Waals surface area contributed by atoms with E-state index in [0.29, 0.717) is 18.7 Å². The molecule has 136 valence electrons. The Morgan fingerprint density at radius 2 is 1.88 bits per heavy atom. The molecule has 0 unspecified atom stereocenters. The second-order valence-electron chi connectivity index (χ2n) is 7.01. The Morgan fingerprint density at radius 1 is 1.12 bits per heavy atom. The van der Waals surface area contributed by atoms with Gasteiger partial charge in [0.25, 0.3) is 0 Å². The molecule has 4 rings (SSSR count). The number of anilines is 2. The van der Waals surface area contributed by atoms with Crippen LogP contribution in [0.4, 0.5) is 11.4 Å². The number of nitrogens with one attached hydrogen (secondary N) is 1. The summed E-state index contributed by atoms with van der Waals surface area (Å²) in [5, 5.41) is 0. The molecule has 1 fully saturated rings. The molecule has 1 N–H and O–H groups in total. The summed E-state index contributed by atoms with van der Waals surface area (Å²) >= 11 is 0. The largest absolute Gasteiger partial charge is 0.312 e. The Labute approximate surface area is 154 Å². The molecule has 0 radical (unpaired) electrons. The van der Waals surface area contributed by atoms with Crippen LogP contribution >= 0.6 is 0 Å². The predicted molar refractivity (Wildman–Crippen MR) is 103 cm³/mol. The van der Waals surface area contributed by atoms with Gasteiger partial charge in [0.2, 0.25) is 15.9 Å². The van der Waals surface area contributed by atoms with E-state index >= 15 is 0 Å². The van der Waals surface area contributed by atoms with E-state index in [1.165, 1.54) is 0 Å². The molecule has 2 aromatic carbocycles. The zero-order valence-corrected chi connectivity index (χ0v) is 15.3. The third-order valence-corrected chi connectivity index (χ3v) is 6.23. The van der Waals surface area contributed by atoms with Gasteiger partial charge < -0.3 is 4.90 Å². The van der Waals surface area contributed by atoms with E-state index in [-0.39, 0.29) is 17.6 Å². The van der Waals surface area contributed by atoms with Gasteiger partial charge in [0, 0.05) is 23.8 Å².